The van der Waals surface area contributed by atoms with Crippen LogP contribution in [0.5, 0.6) is 0 Å². The second-order valence-corrected chi connectivity index (χ2v) is 34.9. The molecule has 7 fully saturated rings. The van der Waals surface area contributed by atoms with Gasteiger partial charge in [-0.2, -0.15) is 0 Å². The van der Waals surface area contributed by atoms with Gasteiger partial charge in [0.2, 0.25) is 23.6 Å². The van der Waals surface area contributed by atoms with E-state index in [1.807, 2.05) is 6.08 Å². The van der Waals surface area contributed by atoms with Crippen LogP contribution in [0.2, 0.25) is 0 Å². The highest BCUT2D eigenvalue weighted by Gasteiger charge is 2.64. The maximum Gasteiger partial charge on any atom is 0.364 e. The van der Waals surface area contributed by atoms with E-state index < -0.39 is 315 Å². The number of rotatable bonds is 57. The van der Waals surface area contributed by atoms with Gasteiger partial charge in [-0.25, -0.2) is 4.79 Å². The van der Waals surface area contributed by atoms with Gasteiger partial charge in [-0.15, -0.1) is 0 Å². The van der Waals surface area contributed by atoms with E-state index in [1.54, 1.807) is 6.08 Å². The van der Waals surface area contributed by atoms with E-state index in [4.69, 9.17) is 66.3 Å². The number of aliphatic hydroxyl groups excluding tert-OH is 21. The molecule has 756 valence electrons. The third kappa shape index (κ3) is 31.9. The minimum absolute atomic E-state index is 0.141. The maximum atomic E-state index is 14.0. The van der Waals surface area contributed by atoms with Gasteiger partial charge in [-0.3, -0.25) is 19.2 Å². The van der Waals surface area contributed by atoms with Gasteiger partial charge in [0.1, 0.15) is 165 Å². The Hall–Kier alpha value is -4.31. The quantitative estimate of drug-likeness (QED) is 0.0199. The fraction of sp³-hybridized carbons (Fsp3) is 0.918. The average molecular weight is 1880 g/mol. The Morgan fingerprint density at radius 1 is 0.400 bits per heavy atom. The van der Waals surface area contributed by atoms with Gasteiger partial charge in [0, 0.05) is 33.6 Å². The number of amides is 4. The van der Waals surface area contributed by atoms with Crippen LogP contribution in [-0.4, -0.2) is 427 Å². The predicted octanol–water partition coefficient (Wildman–Crippen LogP) is -6.03. The average Bonchev–Trinajstić information content (AvgIpc) is 0.743. The minimum Gasteiger partial charge on any atom is -0.477 e. The molecule has 0 aromatic rings. The fourth-order valence-electron chi connectivity index (χ4n) is 17.3. The normalized spacial score (nSPS) is 37.7. The molecule has 0 aromatic heterocycles. The molecule has 45 nitrogen and oxygen atoms in total. The van der Waals surface area contributed by atoms with E-state index in [9.17, 15) is 136 Å². The number of carboxylic acid groups (broad SMARTS) is 1. The Morgan fingerprint density at radius 3 is 1.20 bits per heavy atom. The Morgan fingerprint density at radius 2 is 0.762 bits per heavy atom. The molecular weight excluding hydrogens is 1730 g/mol. The highest BCUT2D eigenvalue weighted by molar-refractivity contribution is 5.77. The number of aliphatic hydroxyl groups is 21. The maximum absolute atomic E-state index is 14.0. The zero-order chi connectivity index (χ0) is 95.6. The van der Waals surface area contributed by atoms with E-state index in [1.165, 1.54) is 89.9 Å². The third-order valence-corrected chi connectivity index (χ3v) is 24.7. The first-order chi connectivity index (χ1) is 62.1. The molecule has 7 aliphatic rings. The largest absolute Gasteiger partial charge is 0.477 e. The lowest BCUT2D eigenvalue weighted by atomic mass is 9.88. The molecule has 7 rings (SSSR count). The monoisotopic (exact) mass is 1880 g/mol. The Labute approximate surface area is 756 Å². The molecule has 0 spiro atoms. The highest BCUT2D eigenvalue weighted by atomic mass is 16.8. The summed E-state index contributed by atoms with van der Waals surface area (Å²) in [5.74, 6) is -9.06. The lowest BCUT2D eigenvalue weighted by molar-refractivity contribution is -0.403. The molecule has 130 heavy (non-hydrogen) atoms. The molecule has 0 bridgehead atoms. The smallest absolute Gasteiger partial charge is 0.364 e. The number of aliphatic carboxylic acids is 1. The molecule has 0 aliphatic carbocycles. The van der Waals surface area contributed by atoms with E-state index in [2.05, 4.69) is 35.1 Å². The lowest BCUT2D eigenvalue weighted by Gasteiger charge is -2.53. The van der Waals surface area contributed by atoms with Crippen LogP contribution in [0.25, 0.3) is 0 Å². The first-order valence-corrected chi connectivity index (χ1v) is 46.1. The number of unbranched alkanes of at least 4 members (excludes halogenated alkanes) is 23. The molecule has 7 heterocycles. The summed E-state index contributed by atoms with van der Waals surface area (Å²) in [6.45, 7) is -1.47. The first kappa shape index (κ1) is 113. The van der Waals surface area contributed by atoms with Crippen molar-refractivity contribution in [1.82, 2.24) is 21.3 Å². The van der Waals surface area contributed by atoms with Crippen molar-refractivity contribution >= 4 is 29.6 Å². The van der Waals surface area contributed by atoms with Crippen molar-refractivity contribution in [2.24, 2.45) is 0 Å². The Balaban J connectivity index is 1.11. The van der Waals surface area contributed by atoms with Gasteiger partial charge in [0.25, 0.3) is 5.79 Å². The Bertz CT molecular complexity index is 3260. The van der Waals surface area contributed by atoms with Gasteiger partial charge in [-0.05, 0) is 19.3 Å². The van der Waals surface area contributed by atoms with E-state index in [0.717, 1.165) is 78.6 Å². The summed E-state index contributed by atoms with van der Waals surface area (Å²) in [6, 6.07) is -7.02. The number of allylic oxidation sites excluding steroid dienone is 1. The standard InChI is InChI=1S/C85H150N4O41/c1-6-8-10-12-14-16-18-20-22-24-26-28-30-32-47(100)46(89-56(103)33-31-29-27-25-23-21-19-17-15-13-11-9-7-2)42-117-80-68(112)65(109)72(53(39-94)121-80)125-82-69(113)66(110)71(54(40-95)122-82)124-78-58(87-44(4)98)75(63(107)51(37-92)118-78)128-83-70(114)77(130-85(84(115)116)34-48(101)57(86-43(3)97)76(129-85)60(104)49(102)35-90)73(55(41-96)123-83)126-79-59(88-45(5)99)74(62(106)52(38-93)119-79)127-81-67(111)64(108)61(105)50(36-91)120-81/h30,32,46-55,57-83,90-96,100-102,104-114H,6-29,31,33-42H2,1-5H3,(H,86,97)(H,87,98)(H,88,99)(H,89,103)(H,115,116)/b32-30+/t46-,47+,48?,49+,50?,51?,52?,53?,54?,55?,57+,58?,59?,60+,61-,62-,63-,64-,65+,66+,67?,68?,69?,70?,71-,72+,73-,74+,75+,76?,77+,78-,79-,80+,81-,82-,83-,85-/m0/s1. The molecule has 14 unspecified atom stereocenters. The molecule has 0 saturated carbocycles. The van der Waals surface area contributed by atoms with Gasteiger partial charge < -0.3 is 200 Å². The van der Waals surface area contributed by atoms with Crippen molar-refractivity contribution in [3.05, 3.63) is 12.2 Å². The number of ether oxygens (including phenoxy) is 14. The number of hydrogen-bond donors (Lipinski definition) is 26. The summed E-state index contributed by atoms with van der Waals surface area (Å²) in [4.78, 5) is 66.8. The second-order valence-electron chi connectivity index (χ2n) is 34.9. The predicted molar refractivity (Wildman–Crippen MR) is 446 cm³/mol. The zero-order valence-electron chi connectivity index (χ0n) is 74.9. The van der Waals surface area contributed by atoms with Crippen molar-refractivity contribution in [3.63, 3.8) is 0 Å². The van der Waals surface area contributed by atoms with Crippen LogP contribution in [0.1, 0.15) is 208 Å². The summed E-state index contributed by atoms with van der Waals surface area (Å²) in [5.41, 5.74) is 0. The lowest BCUT2D eigenvalue weighted by Crippen LogP contribution is -2.73. The highest BCUT2D eigenvalue weighted by Crippen LogP contribution is 2.43. The molecule has 4 amide bonds. The molecule has 0 aromatic carbocycles. The summed E-state index contributed by atoms with van der Waals surface area (Å²) in [5, 5.41) is 258. The van der Waals surface area contributed by atoms with Gasteiger partial charge in [-0.1, -0.05) is 167 Å². The number of nitrogens with one attached hydrogen (secondary N) is 4. The molecular formula is C85H150N4O41. The number of hydrogen-bond acceptors (Lipinski definition) is 40. The van der Waals surface area contributed by atoms with Gasteiger partial charge in [0.05, 0.1) is 77.1 Å². The van der Waals surface area contributed by atoms with Crippen LogP contribution in [-0.2, 0) is 90.3 Å². The van der Waals surface area contributed by atoms with Crippen molar-refractivity contribution in [2.45, 2.75) is 440 Å². The topological polar surface area (TPSA) is 708 Å². The molecule has 0 radical (unpaired) electrons. The van der Waals surface area contributed by atoms with Crippen LogP contribution in [0.3, 0.4) is 0 Å². The van der Waals surface area contributed by atoms with E-state index in [0.29, 0.717) is 12.8 Å². The zero-order valence-corrected chi connectivity index (χ0v) is 74.9. The van der Waals surface area contributed by atoms with Crippen molar-refractivity contribution in [1.29, 1.82) is 0 Å². The summed E-state index contributed by atoms with van der Waals surface area (Å²) < 4.78 is 84.4. The minimum atomic E-state index is -3.51. The van der Waals surface area contributed by atoms with E-state index in [-0.39, 0.29) is 12.3 Å². The van der Waals surface area contributed by atoms with Crippen molar-refractivity contribution in [3.8, 4) is 0 Å². The first-order valence-electron chi connectivity index (χ1n) is 46.1. The molecule has 7 aliphatic heterocycles. The molecule has 38 atom stereocenters. The third-order valence-electron chi connectivity index (χ3n) is 24.7. The molecule has 26 N–H and O–H groups in total. The summed E-state index contributed by atoms with van der Waals surface area (Å²) >= 11 is 0. The van der Waals surface area contributed by atoms with Crippen LogP contribution < -0.4 is 21.3 Å². The molecule has 7 saturated heterocycles. The molecule has 45 heteroatoms. The second kappa shape index (κ2) is 57.2. The van der Waals surface area contributed by atoms with Crippen LogP contribution in [0.15, 0.2) is 12.2 Å². The number of carboxylic acids is 1. The summed E-state index contributed by atoms with van der Waals surface area (Å²) in [7, 11) is 0. The Kier molecular flexibility index (Phi) is 49.5. The van der Waals surface area contributed by atoms with Gasteiger partial charge >= 0.3 is 5.97 Å². The van der Waals surface area contributed by atoms with Crippen molar-refractivity contribution < 1.29 is 203 Å². The summed E-state index contributed by atoms with van der Waals surface area (Å²) in [6.07, 6.45) is -40.5. The van der Waals surface area contributed by atoms with Crippen molar-refractivity contribution in [2.75, 3.05) is 52.9 Å². The van der Waals surface area contributed by atoms with Gasteiger partial charge in [0.15, 0.2) is 37.7 Å². The van der Waals surface area contributed by atoms with Crippen LogP contribution in [0.4, 0.5) is 0 Å². The fourth-order valence-corrected chi connectivity index (χ4v) is 17.3. The van der Waals surface area contributed by atoms with Crippen LogP contribution >= 0.6 is 0 Å². The number of carbonyl (C=O) groups excluding carboxylic acids is 4. The van der Waals surface area contributed by atoms with E-state index >= 15 is 0 Å². The SMILES string of the molecule is CCCCCCCCCCCCC/C=C/[C@@H](O)[C@H](CO[C@@H]1OC(CO)[C@@H](O[C@@H]2OC(CO)[C@H](O[C@@H]3OC(CO)[C@H](O)[C@H](O[C@@H]4OC(CO)[C@H](O[C@@H]5OC(CO)[C@H](O)[C@H](O[C@@H]6OC(CO)[C@H](O)[C@H](O)C6O)C5NC(C)=O)[C@H](O[C@]5(C(=O)O)CC(O)[C@@H](NC(C)=O)C([C@H](O)[C@H](O)CO)O5)C4O)C3NC(C)=O)[C@H](O)C2O)[C@H](O)C1O)NC(=O)CCCCCCCCCCCCCCC. The van der Waals surface area contributed by atoms with Crippen LogP contribution in [0, 0.1) is 0 Å². The number of carbonyl (C=O) groups is 5.